The maximum Gasteiger partial charge on any atom is 0.308 e. The van der Waals surface area contributed by atoms with Gasteiger partial charge in [-0.1, -0.05) is 59.0 Å². The van der Waals surface area contributed by atoms with Gasteiger partial charge in [-0.2, -0.15) is 0 Å². The summed E-state index contributed by atoms with van der Waals surface area (Å²) in [5, 5.41) is -0.531. The molecule has 0 N–H and O–H groups in total. The first kappa shape index (κ1) is 22.4. The summed E-state index contributed by atoms with van der Waals surface area (Å²) >= 11 is 0. The Kier molecular flexibility index (Phi) is 8.23. The summed E-state index contributed by atoms with van der Waals surface area (Å²) in [4.78, 5) is 25.3. The Balaban J connectivity index is 6.00. The van der Waals surface area contributed by atoms with Crippen LogP contribution in [0.4, 0.5) is 0 Å². The summed E-state index contributed by atoms with van der Waals surface area (Å²) in [6.45, 7) is 15.2. The molecule has 0 radical (unpaired) electrons. The number of esters is 2. The minimum Gasteiger partial charge on any atom is -0.469 e. The van der Waals surface area contributed by atoms with Crippen molar-refractivity contribution in [2.24, 2.45) is 0 Å². The van der Waals surface area contributed by atoms with Crippen molar-refractivity contribution in [3.05, 3.63) is 0 Å². The van der Waals surface area contributed by atoms with E-state index < -0.39 is 21.2 Å². The van der Waals surface area contributed by atoms with Crippen LogP contribution in [0.15, 0.2) is 0 Å². The maximum absolute atomic E-state index is 12.8. The van der Waals surface area contributed by atoms with Crippen LogP contribution in [0.25, 0.3) is 0 Å². The van der Waals surface area contributed by atoms with Crippen LogP contribution in [0.5, 0.6) is 0 Å². The van der Waals surface area contributed by atoms with Crippen molar-refractivity contribution in [1.82, 2.24) is 0 Å². The minimum absolute atomic E-state index is 0.141. The highest BCUT2D eigenvalue weighted by Gasteiger charge is 2.53. The predicted octanol–water partition coefficient (Wildman–Crippen LogP) is 4.70. The van der Waals surface area contributed by atoms with E-state index in [4.69, 9.17) is 9.47 Å². The molecule has 6 heteroatoms. The molecule has 0 unspecified atom stereocenters. The van der Waals surface area contributed by atoms with Gasteiger partial charge in [0.15, 0.2) is 0 Å². The smallest absolute Gasteiger partial charge is 0.308 e. The van der Waals surface area contributed by atoms with E-state index in [1.165, 1.54) is 14.2 Å². The number of methoxy groups -OCH3 is 2. The largest absolute Gasteiger partial charge is 0.469 e. The first-order valence-electron chi connectivity index (χ1n) is 8.53. The molecule has 0 aliphatic carbocycles. The zero-order valence-electron chi connectivity index (χ0n) is 16.5. The number of carbonyl (C=O) groups excluding carboxylic acids is 2. The molecular formula is C17H36O4Si2. The van der Waals surface area contributed by atoms with Crippen LogP contribution in [0, 0.1) is 0 Å². The Bertz CT molecular complexity index is 410. The Morgan fingerprint density at radius 1 is 1.00 bits per heavy atom. The number of hydrogen-bond acceptors (Lipinski definition) is 4. The Morgan fingerprint density at radius 3 is 1.83 bits per heavy atom. The molecule has 0 bridgehead atoms. The normalized spacial score (nSPS) is 16.4. The van der Waals surface area contributed by atoms with Crippen molar-refractivity contribution in [3.63, 3.8) is 0 Å². The van der Waals surface area contributed by atoms with E-state index in [-0.39, 0.29) is 17.5 Å². The molecule has 2 atom stereocenters. The topological polar surface area (TPSA) is 52.6 Å². The van der Waals surface area contributed by atoms with Gasteiger partial charge in [0.05, 0.1) is 40.9 Å². The zero-order valence-corrected chi connectivity index (χ0v) is 18.5. The van der Waals surface area contributed by atoms with Crippen LogP contribution in [-0.2, 0) is 19.1 Å². The van der Waals surface area contributed by atoms with Crippen molar-refractivity contribution >= 4 is 28.1 Å². The molecule has 0 saturated carbocycles. The number of hydrogen-bond donors (Lipinski definition) is 0. The molecule has 0 amide bonds. The summed E-state index contributed by atoms with van der Waals surface area (Å²) in [6, 6.07) is 0. The highest BCUT2D eigenvalue weighted by Crippen LogP contribution is 2.52. The molecule has 0 saturated heterocycles. The maximum atomic E-state index is 12.8. The van der Waals surface area contributed by atoms with E-state index in [0.717, 1.165) is 19.3 Å². The van der Waals surface area contributed by atoms with E-state index in [1.54, 1.807) is 0 Å². The number of unbranched alkanes of at least 4 members (excludes halogenated alkanes) is 1. The Hall–Kier alpha value is -0.626. The lowest BCUT2D eigenvalue weighted by Crippen LogP contribution is -2.49. The molecule has 0 rings (SSSR count). The van der Waals surface area contributed by atoms with Crippen LogP contribution >= 0.6 is 0 Å². The fourth-order valence-corrected chi connectivity index (χ4v) is 7.63. The van der Waals surface area contributed by atoms with Crippen LogP contribution in [-0.4, -0.2) is 42.3 Å². The molecule has 0 aromatic carbocycles. The van der Waals surface area contributed by atoms with Gasteiger partial charge in [0.1, 0.15) is 0 Å². The Morgan fingerprint density at radius 2 is 1.52 bits per heavy atom. The van der Waals surface area contributed by atoms with Gasteiger partial charge in [0, 0.05) is 0 Å². The predicted molar refractivity (Wildman–Crippen MR) is 101 cm³/mol. The molecule has 136 valence electrons. The van der Waals surface area contributed by atoms with E-state index >= 15 is 0 Å². The van der Waals surface area contributed by atoms with Crippen LogP contribution < -0.4 is 0 Å². The third kappa shape index (κ3) is 5.45. The van der Waals surface area contributed by atoms with Gasteiger partial charge in [-0.05, 0) is 12.8 Å². The molecule has 0 aliphatic rings. The quantitative estimate of drug-likeness (QED) is 0.442. The second-order valence-electron chi connectivity index (χ2n) is 8.57. The molecule has 0 spiro atoms. The Labute approximate surface area is 144 Å². The van der Waals surface area contributed by atoms with Gasteiger partial charge >= 0.3 is 11.9 Å². The molecule has 0 fully saturated rings. The highest BCUT2D eigenvalue weighted by molar-refractivity contribution is 6.83. The summed E-state index contributed by atoms with van der Waals surface area (Å²) in [6.07, 6.45) is 3.36. The molecule has 0 aromatic heterocycles. The van der Waals surface area contributed by atoms with Crippen molar-refractivity contribution < 1.29 is 19.1 Å². The van der Waals surface area contributed by atoms with E-state index in [9.17, 15) is 9.59 Å². The van der Waals surface area contributed by atoms with Crippen molar-refractivity contribution in [2.45, 2.75) is 82.5 Å². The molecule has 23 heavy (non-hydrogen) atoms. The lowest BCUT2D eigenvalue weighted by molar-refractivity contribution is -0.146. The van der Waals surface area contributed by atoms with Crippen LogP contribution in [0.3, 0.4) is 0 Å². The SMILES string of the molecule is CCCC[C@](C[C@@H](C(=O)OC)[Si](C)(C)C)(C(=O)OC)[Si](C)(C)C. The average Bonchev–Trinajstić information content (AvgIpc) is 2.43. The van der Waals surface area contributed by atoms with Gasteiger partial charge in [0.25, 0.3) is 0 Å². The van der Waals surface area contributed by atoms with Gasteiger partial charge in [-0.25, -0.2) is 0 Å². The zero-order chi connectivity index (χ0) is 18.5. The fourth-order valence-electron chi connectivity index (χ4n) is 3.18. The average molecular weight is 361 g/mol. The van der Waals surface area contributed by atoms with E-state index in [0.29, 0.717) is 6.42 Å². The monoisotopic (exact) mass is 360 g/mol. The van der Waals surface area contributed by atoms with Gasteiger partial charge < -0.3 is 9.47 Å². The fraction of sp³-hybridized carbons (Fsp3) is 0.882. The molecule has 4 nitrogen and oxygen atoms in total. The summed E-state index contributed by atoms with van der Waals surface area (Å²) < 4.78 is 10.3. The molecular weight excluding hydrogens is 324 g/mol. The summed E-state index contributed by atoms with van der Waals surface area (Å²) in [5.74, 6) is -0.315. The summed E-state index contributed by atoms with van der Waals surface area (Å²) in [7, 11) is -0.832. The van der Waals surface area contributed by atoms with Crippen molar-refractivity contribution in [2.75, 3.05) is 14.2 Å². The lowest BCUT2D eigenvalue weighted by atomic mass is 9.94. The van der Waals surface area contributed by atoms with E-state index in [1.807, 2.05) is 0 Å². The molecule has 0 heterocycles. The minimum atomic E-state index is -1.92. The molecule has 0 aromatic rings. The van der Waals surface area contributed by atoms with Gasteiger partial charge in [-0.3, -0.25) is 9.59 Å². The third-order valence-corrected chi connectivity index (χ3v) is 11.1. The van der Waals surface area contributed by atoms with Crippen LogP contribution in [0.1, 0.15) is 32.6 Å². The highest BCUT2D eigenvalue weighted by atomic mass is 28.3. The van der Waals surface area contributed by atoms with E-state index in [2.05, 4.69) is 46.2 Å². The van der Waals surface area contributed by atoms with Gasteiger partial charge in [0.2, 0.25) is 0 Å². The third-order valence-electron chi connectivity index (χ3n) is 5.05. The standard InChI is InChI=1S/C17H36O4Si2/c1-10-11-12-17(16(19)21-3,23(7,8)9)13-14(15(18)20-2)22(4,5)6/h14H,10-13H2,1-9H3/t14-,17-/m0/s1. The van der Waals surface area contributed by atoms with Crippen molar-refractivity contribution in [1.29, 1.82) is 0 Å². The van der Waals surface area contributed by atoms with Crippen LogP contribution in [0.2, 0.25) is 49.9 Å². The second-order valence-corrected chi connectivity index (χ2v) is 19.5. The number of carbonyl (C=O) groups is 2. The summed E-state index contributed by atoms with van der Waals surface area (Å²) in [5.41, 5.74) is -0.185. The molecule has 0 aliphatic heterocycles. The van der Waals surface area contributed by atoms with Gasteiger partial charge in [-0.15, -0.1) is 0 Å². The number of rotatable bonds is 9. The lowest BCUT2D eigenvalue weighted by Gasteiger charge is -2.44. The van der Waals surface area contributed by atoms with Crippen molar-refractivity contribution in [3.8, 4) is 0 Å². The number of ether oxygens (including phenoxy) is 2. The first-order chi connectivity index (χ1) is 10.4. The first-order valence-corrected chi connectivity index (χ1v) is 15.6. The second kappa shape index (κ2) is 8.47.